The Morgan fingerprint density at radius 1 is 1.17 bits per heavy atom. The number of carbonyl (C=O) groups is 1. The van der Waals surface area contributed by atoms with E-state index in [1.165, 1.54) is 36.5 Å². The van der Waals surface area contributed by atoms with Gasteiger partial charge in [-0.2, -0.15) is 0 Å². The van der Waals surface area contributed by atoms with Gasteiger partial charge in [0.25, 0.3) is 5.56 Å². The number of halogens is 3. The molecule has 0 spiro atoms. The van der Waals surface area contributed by atoms with Crippen molar-refractivity contribution in [2.45, 2.75) is 26.8 Å². The molecule has 0 radical (unpaired) electrons. The molecule has 1 aromatic heterocycles. The fourth-order valence-corrected chi connectivity index (χ4v) is 3.56. The molecule has 0 aliphatic heterocycles. The molecule has 1 atom stereocenters. The van der Waals surface area contributed by atoms with Crippen molar-refractivity contribution in [1.29, 1.82) is 0 Å². The van der Waals surface area contributed by atoms with E-state index in [1.807, 2.05) is 13.8 Å². The van der Waals surface area contributed by atoms with E-state index in [0.717, 1.165) is 0 Å². The maximum absolute atomic E-state index is 14.3. The average Bonchev–Trinajstić information content (AvgIpc) is 2.68. The van der Waals surface area contributed by atoms with Crippen LogP contribution < -0.4 is 10.9 Å². The van der Waals surface area contributed by atoms with Crippen molar-refractivity contribution in [1.82, 2.24) is 9.88 Å². The molecule has 5 nitrogen and oxygen atoms in total. The zero-order valence-electron chi connectivity index (χ0n) is 16.8. The van der Waals surface area contributed by atoms with Crippen molar-refractivity contribution < 1.29 is 13.6 Å². The third-order valence-electron chi connectivity index (χ3n) is 4.82. The van der Waals surface area contributed by atoms with Gasteiger partial charge in [-0.1, -0.05) is 37.6 Å². The number of anilines is 1. The van der Waals surface area contributed by atoms with Gasteiger partial charge < -0.3 is 15.2 Å². The van der Waals surface area contributed by atoms with Crippen molar-refractivity contribution >= 4 is 34.1 Å². The van der Waals surface area contributed by atoms with Crippen molar-refractivity contribution in [3.8, 4) is 0 Å². The summed E-state index contributed by atoms with van der Waals surface area (Å²) in [6, 6.07) is 7.43. The fourth-order valence-electron chi connectivity index (χ4n) is 3.38. The van der Waals surface area contributed by atoms with E-state index in [0.29, 0.717) is 23.2 Å². The van der Waals surface area contributed by atoms with Gasteiger partial charge in [0.05, 0.1) is 16.5 Å². The van der Waals surface area contributed by atoms with Crippen LogP contribution in [0.15, 0.2) is 47.4 Å². The monoisotopic (exact) mass is 433 g/mol. The summed E-state index contributed by atoms with van der Waals surface area (Å²) >= 11 is 5.81. The first kappa shape index (κ1) is 21.8. The number of urea groups is 1. The molecule has 0 aliphatic carbocycles. The Labute approximate surface area is 177 Å². The maximum atomic E-state index is 14.3. The number of rotatable bonds is 5. The number of benzene rings is 2. The highest BCUT2D eigenvalue weighted by molar-refractivity contribution is 6.31. The van der Waals surface area contributed by atoms with Crippen molar-refractivity contribution in [3.63, 3.8) is 0 Å². The molecule has 1 heterocycles. The summed E-state index contributed by atoms with van der Waals surface area (Å²) in [5.74, 6) is -1.06. The predicted molar refractivity (Wildman–Crippen MR) is 115 cm³/mol. The number of fused-ring (bicyclic) bond motifs is 1. The Bertz CT molecular complexity index is 1150. The number of amides is 2. The van der Waals surface area contributed by atoms with E-state index >= 15 is 0 Å². The lowest BCUT2D eigenvalue weighted by atomic mass is 10.0. The first-order chi connectivity index (χ1) is 14.2. The molecule has 30 heavy (non-hydrogen) atoms. The second kappa shape index (κ2) is 8.83. The van der Waals surface area contributed by atoms with Crippen molar-refractivity contribution in [2.24, 2.45) is 5.92 Å². The molecule has 0 unspecified atom stereocenters. The number of aromatic amines is 1. The summed E-state index contributed by atoms with van der Waals surface area (Å²) in [5, 5.41) is 3.03. The van der Waals surface area contributed by atoms with Gasteiger partial charge in [-0.05, 0) is 48.1 Å². The lowest BCUT2D eigenvalue weighted by Gasteiger charge is -2.31. The number of hydrogen-bond acceptors (Lipinski definition) is 2. The molecule has 3 aromatic rings. The Kier molecular flexibility index (Phi) is 6.41. The average molecular weight is 434 g/mol. The van der Waals surface area contributed by atoms with Crippen LogP contribution in [0.5, 0.6) is 0 Å². The molecule has 158 valence electrons. The van der Waals surface area contributed by atoms with Crippen molar-refractivity contribution in [2.75, 3.05) is 11.9 Å². The van der Waals surface area contributed by atoms with Gasteiger partial charge in [-0.15, -0.1) is 0 Å². The Morgan fingerprint density at radius 2 is 1.90 bits per heavy atom. The molecular weight excluding hydrogens is 412 g/mol. The molecule has 0 fully saturated rings. The van der Waals surface area contributed by atoms with E-state index in [4.69, 9.17) is 11.6 Å². The Morgan fingerprint density at radius 3 is 2.57 bits per heavy atom. The van der Waals surface area contributed by atoms with Crippen LogP contribution in [-0.4, -0.2) is 22.5 Å². The van der Waals surface area contributed by atoms with Crippen LogP contribution in [0.3, 0.4) is 0 Å². The minimum Gasteiger partial charge on any atom is -0.328 e. The third kappa shape index (κ3) is 4.46. The summed E-state index contributed by atoms with van der Waals surface area (Å²) in [6.45, 7) is 6.13. The molecule has 0 aliphatic rings. The molecule has 3 rings (SSSR count). The number of carbonyl (C=O) groups excluding carboxylic acids is 1. The van der Waals surface area contributed by atoms with Gasteiger partial charge >= 0.3 is 6.03 Å². The SMILES string of the molecule is CC(C)CN(C(=O)Nc1ccc(F)c(Cl)c1)[C@H](C)c1c[nH]c(=O)c2c(F)cccc12. The quantitative estimate of drug-likeness (QED) is 0.541. The normalized spacial score (nSPS) is 12.2. The number of nitrogens with one attached hydrogen (secondary N) is 2. The molecule has 0 saturated heterocycles. The second-order valence-electron chi connectivity index (χ2n) is 7.52. The molecule has 2 aromatic carbocycles. The zero-order chi connectivity index (χ0) is 22.0. The van der Waals surface area contributed by atoms with E-state index < -0.39 is 29.3 Å². The number of pyridine rings is 1. The first-order valence-corrected chi connectivity index (χ1v) is 9.89. The van der Waals surface area contributed by atoms with Gasteiger partial charge in [0.1, 0.15) is 11.6 Å². The van der Waals surface area contributed by atoms with E-state index in [9.17, 15) is 18.4 Å². The minimum absolute atomic E-state index is 0.0444. The second-order valence-corrected chi connectivity index (χ2v) is 7.92. The van der Waals surface area contributed by atoms with Crippen LogP contribution in [0.2, 0.25) is 5.02 Å². The molecule has 0 saturated carbocycles. The van der Waals surface area contributed by atoms with Gasteiger partial charge in [0.2, 0.25) is 0 Å². The van der Waals surface area contributed by atoms with Crippen LogP contribution in [-0.2, 0) is 0 Å². The third-order valence-corrected chi connectivity index (χ3v) is 5.11. The van der Waals surface area contributed by atoms with E-state index in [2.05, 4.69) is 10.3 Å². The lowest BCUT2D eigenvalue weighted by Crippen LogP contribution is -2.39. The smallest absolute Gasteiger partial charge is 0.322 e. The highest BCUT2D eigenvalue weighted by atomic mass is 35.5. The van der Waals surface area contributed by atoms with Gasteiger partial charge in [-0.3, -0.25) is 4.79 Å². The standard InChI is InChI=1S/C22H22ClF2N3O2/c1-12(2)11-28(22(30)27-14-7-8-18(24)17(23)9-14)13(3)16-10-26-21(29)20-15(16)5-4-6-19(20)25/h4-10,12-13H,11H2,1-3H3,(H,26,29)(H,27,30)/t13-/m1/s1. The number of nitrogens with zero attached hydrogens (tertiary/aromatic N) is 1. The largest absolute Gasteiger partial charge is 0.328 e. The van der Waals surface area contributed by atoms with Gasteiger partial charge in [0.15, 0.2) is 0 Å². The first-order valence-electron chi connectivity index (χ1n) is 9.51. The van der Waals surface area contributed by atoms with Crippen LogP contribution in [0, 0.1) is 17.6 Å². The minimum atomic E-state index is -0.622. The Hall–Kier alpha value is -2.93. The summed E-state index contributed by atoms with van der Waals surface area (Å²) in [7, 11) is 0. The highest BCUT2D eigenvalue weighted by Gasteiger charge is 2.25. The van der Waals surface area contributed by atoms with Crippen LogP contribution >= 0.6 is 11.6 Å². The van der Waals surface area contributed by atoms with Gasteiger partial charge in [0, 0.05) is 18.4 Å². The molecule has 0 bridgehead atoms. The lowest BCUT2D eigenvalue weighted by molar-refractivity contribution is 0.184. The van der Waals surface area contributed by atoms with E-state index in [-0.39, 0.29) is 16.3 Å². The summed E-state index contributed by atoms with van der Waals surface area (Å²) in [4.78, 5) is 29.3. The Balaban J connectivity index is 1.99. The number of aromatic nitrogens is 1. The van der Waals surface area contributed by atoms with Gasteiger partial charge in [-0.25, -0.2) is 13.6 Å². The summed E-state index contributed by atoms with van der Waals surface area (Å²) < 4.78 is 27.7. The molecular formula is C22H22ClF2N3O2. The van der Waals surface area contributed by atoms with Crippen molar-refractivity contribution in [3.05, 3.63) is 75.2 Å². The fraction of sp³-hybridized carbons (Fsp3) is 0.273. The topological polar surface area (TPSA) is 65.2 Å². The highest BCUT2D eigenvalue weighted by Crippen LogP contribution is 2.29. The molecule has 2 amide bonds. The van der Waals surface area contributed by atoms with Crippen LogP contribution in [0.4, 0.5) is 19.3 Å². The number of hydrogen-bond donors (Lipinski definition) is 2. The molecule has 8 heteroatoms. The van der Waals surface area contributed by atoms with E-state index in [1.54, 1.807) is 17.9 Å². The summed E-state index contributed by atoms with van der Waals surface area (Å²) in [5.41, 5.74) is 0.432. The van der Waals surface area contributed by atoms with Crippen LogP contribution in [0.25, 0.3) is 10.8 Å². The number of H-pyrrole nitrogens is 1. The predicted octanol–water partition coefficient (Wildman–Crippen LogP) is 5.71. The van der Waals surface area contributed by atoms with Crippen LogP contribution in [0.1, 0.15) is 32.4 Å². The maximum Gasteiger partial charge on any atom is 0.322 e. The zero-order valence-corrected chi connectivity index (χ0v) is 17.6. The summed E-state index contributed by atoms with van der Waals surface area (Å²) in [6.07, 6.45) is 1.50. The molecule has 2 N–H and O–H groups in total.